The molecule has 0 saturated heterocycles. The van der Waals surface area contributed by atoms with Crippen LogP contribution in [0.2, 0.25) is 0 Å². The maximum absolute atomic E-state index is 13.0. The highest BCUT2D eigenvalue weighted by Crippen LogP contribution is 2.47. The molecule has 0 radical (unpaired) electrons. The Morgan fingerprint density at radius 2 is 2.05 bits per heavy atom. The number of carbonyl (C=O) groups is 1. The number of hydrogen-bond donors (Lipinski definition) is 3. The van der Waals surface area contributed by atoms with Gasteiger partial charge < -0.3 is 16.3 Å². The Morgan fingerprint density at radius 3 is 2.52 bits per heavy atom. The van der Waals surface area contributed by atoms with Crippen LogP contribution in [0.5, 0.6) is 0 Å². The third-order valence-corrected chi connectivity index (χ3v) is 3.81. The fourth-order valence-corrected chi connectivity index (χ4v) is 2.28. The summed E-state index contributed by atoms with van der Waals surface area (Å²) >= 11 is 2.96. The van der Waals surface area contributed by atoms with Crippen LogP contribution in [-0.2, 0) is 11.0 Å². The molecule has 0 unspecified atom stereocenters. The van der Waals surface area contributed by atoms with Crippen molar-refractivity contribution >= 4 is 33.4 Å². The summed E-state index contributed by atoms with van der Waals surface area (Å²) in [4.78, 5) is 12.1. The van der Waals surface area contributed by atoms with Crippen LogP contribution < -0.4 is 11.1 Å². The van der Waals surface area contributed by atoms with E-state index in [1.807, 2.05) is 0 Å². The molecule has 0 atom stereocenters. The highest BCUT2D eigenvalue weighted by Gasteiger charge is 2.54. The molecule has 1 aliphatic rings. The van der Waals surface area contributed by atoms with E-state index in [4.69, 9.17) is 10.9 Å². The van der Waals surface area contributed by atoms with Crippen molar-refractivity contribution in [2.75, 3.05) is 5.32 Å². The van der Waals surface area contributed by atoms with Crippen molar-refractivity contribution in [1.29, 1.82) is 0 Å². The van der Waals surface area contributed by atoms with Gasteiger partial charge in [-0.25, -0.2) is 0 Å². The molecule has 0 aromatic heterocycles. The van der Waals surface area contributed by atoms with Crippen LogP contribution in [0.4, 0.5) is 18.9 Å². The Balaban J connectivity index is 2.31. The summed E-state index contributed by atoms with van der Waals surface area (Å²) in [5.74, 6) is -1.02. The second-order valence-electron chi connectivity index (χ2n) is 4.71. The minimum Gasteiger partial charge on any atom is -0.409 e. The third kappa shape index (κ3) is 2.97. The third-order valence-electron chi connectivity index (χ3n) is 3.32. The second-order valence-corrected chi connectivity index (χ2v) is 5.62. The topological polar surface area (TPSA) is 87.7 Å². The van der Waals surface area contributed by atoms with E-state index in [2.05, 4.69) is 26.4 Å². The van der Waals surface area contributed by atoms with Gasteiger partial charge in [0.1, 0.15) is 5.41 Å². The number of alkyl halides is 3. The minimum atomic E-state index is -4.61. The number of halogens is 4. The van der Waals surface area contributed by atoms with Gasteiger partial charge in [0.05, 0.1) is 11.3 Å². The first-order valence-corrected chi connectivity index (χ1v) is 6.66. The van der Waals surface area contributed by atoms with Crippen molar-refractivity contribution in [1.82, 2.24) is 0 Å². The van der Waals surface area contributed by atoms with Crippen molar-refractivity contribution in [2.45, 2.75) is 19.0 Å². The lowest BCUT2D eigenvalue weighted by atomic mass is 10.0. The molecule has 4 N–H and O–H groups in total. The first kappa shape index (κ1) is 15.6. The molecule has 1 amide bonds. The number of carbonyl (C=O) groups excluding carboxylic acids is 1. The molecule has 0 aliphatic heterocycles. The molecule has 0 heterocycles. The number of hydrogen-bond acceptors (Lipinski definition) is 3. The zero-order valence-electron chi connectivity index (χ0n) is 10.5. The van der Waals surface area contributed by atoms with Crippen LogP contribution in [0.15, 0.2) is 27.8 Å². The first-order chi connectivity index (χ1) is 9.70. The standard InChI is InChI=1S/C12H11BrF3N3O2/c13-6-1-2-8(7(5-6)12(14,15)16)18-10(20)11(3-4-11)9(17)19-21/h1-2,5,21H,3-4H2,(H2,17,19)(H,18,20). The van der Waals surface area contributed by atoms with Gasteiger partial charge in [-0.15, -0.1) is 0 Å². The van der Waals surface area contributed by atoms with Gasteiger partial charge in [0, 0.05) is 4.47 Å². The molecule has 1 aromatic carbocycles. The van der Waals surface area contributed by atoms with Crippen LogP contribution in [-0.4, -0.2) is 17.0 Å². The number of nitrogens with two attached hydrogens (primary N) is 1. The van der Waals surface area contributed by atoms with Crippen molar-refractivity contribution in [3.05, 3.63) is 28.2 Å². The largest absolute Gasteiger partial charge is 0.418 e. The number of rotatable bonds is 3. The lowest BCUT2D eigenvalue weighted by Crippen LogP contribution is -2.37. The summed E-state index contributed by atoms with van der Waals surface area (Å²) in [6.07, 6.45) is -3.96. The summed E-state index contributed by atoms with van der Waals surface area (Å²) in [6.45, 7) is 0. The highest BCUT2D eigenvalue weighted by molar-refractivity contribution is 9.10. The monoisotopic (exact) mass is 365 g/mol. The van der Waals surface area contributed by atoms with Crippen LogP contribution >= 0.6 is 15.9 Å². The SMILES string of the molecule is N/C(=N/O)C1(C(=O)Nc2ccc(Br)cc2C(F)(F)F)CC1. The fourth-order valence-electron chi connectivity index (χ4n) is 1.92. The van der Waals surface area contributed by atoms with Gasteiger partial charge in [0.25, 0.3) is 0 Å². The Morgan fingerprint density at radius 1 is 1.43 bits per heavy atom. The van der Waals surface area contributed by atoms with Gasteiger partial charge in [-0.05, 0) is 31.0 Å². The Kier molecular flexibility index (Phi) is 3.87. The van der Waals surface area contributed by atoms with E-state index in [1.165, 1.54) is 6.07 Å². The Bertz CT molecular complexity index is 612. The smallest absolute Gasteiger partial charge is 0.409 e. The zero-order chi connectivity index (χ0) is 15.8. The van der Waals surface area contributed by atoms with Crippen molar-refractivity contribution < 1.29 is 23.2 Å². The molecule has 1 aliphatic carbocycles. The Hall–Kier alpha value is -1.77. The molecule has 0 bridgehead atoms. The van der Waals surface area contributed by atoms with Crippen LogP contribution in [0.1, 0.15) is 18.4 Å². The summed E-state index contributed by atoms with van der Waals surface area (Å²) in [5.41, 5.74) is 2.87. The van der Waals surface area contributed by atoms with Crippen molar-refractivity contribution in [3.8, 4) is 0 Å². The molecule has 1 saturated carbocycles. The molecule has 1 aromatic rings. The van der Waals surface area contributed by atoms with Crippen LogP contribution in [0, 0.1) is 5.41 Å². The van der Waals surface area contributed by atoms with Gasteiger partial charge in [0.15, 0.2) is 5.84 Å². The number of anilines is 1. The number of amides is 1. The summed E-state index contributed by atoms with van der Waals surface area (Å²) in [6, 6.07) is 3.40. The summed E-state index contributed by atoms with van der Waals surface area (Å²) in [5, 5.41) is 13.6. The fraction of sp³-hybridized carbons (Fsp3) is 0.333. The zero-order valence-corrected chi connectivity index (χ0v) is 12.1. The van der Waals surface area contributed by atoms with Crippen molar-refractivity contribution in [2.24, 2.45) is 16.3 Å². The number of nitrogens with one attached hydrogen (secondary N) is 1. The molecular formula is C12H11BrF3N3O2. The predicted molar refractivity (Wildman–Crippen MR) is 72.8 cm³/mol. The van der Waals surface area contributed by atoms with Crippen LogP contribution in [0.3, 0.4) is 0 Å². The van der Waals surface area contributed by atoms with E-state index in [0.717, 1.165) is 12.1 Å². The second kappa shape index (κ2) is 5.21. The average molecular weight is 366 g/mol. The van der Waals surface area contributed by atoms with Gasteiger partial charge >= 0.3 is 6.18 Å². The molecule has 114 valence electrons. The maximum Gasteiger partial charge on any atom is 0.418 e. The number of oxime groups is 1. The van der Waals surface area contributed by atoms with E-state index < -0.39 is 23.1 Å². The first-order valence-electron chi connectivity index (χ1n) is 5.87. The average Bonchev–Trinajstić information content (AvgIpc) is 3.20. The van der Waals surface area contributed by atoms with Gasteiger partial charge in [-0.3, -0.25) is 4.79 Å². The minimum absolute atomic E-state index is 0.241. The lowest BCUT2D eigenvalue weighted by Gasteiger charge is -2.17. The number of amidine groups is 1. The Labute approximate surface area is 126 Å². The number of nitrogens with zero attached hydrogens (tertiary/aromatic N) is 1. The molecule has 0 spiro atoms. The lowest BCUT2D eigenvalue weighted by molar-refractivity contribution is -0.137. The highest BCUT2D eigenvalue weighted by atomic mass is 79.9. The molecule has 9 heteroatoms. The summed E-state index contributed by atoms with van der Waals surface area (Å²) in [7, 11) is 0. The van der Waals surface area contributed by atoms with Gasteiger partial charge in [-0.2, -0.15) is 13.2 Å². The molecule has 2 rings (SSSR count). The van der Waals surface area contributed by atoms with E-state index in [0.29, 0.717) is 12.8 Å². The van der Waals surface area contributed by atoms with E-state index in [-0.39, 0.29) is 16.0 Å². The van der Waals surface area contributed by atoms with Crippen molar-refractivity contribution in [3.63, 3.8) is 0 Å². The van der Waals surface area contributed by atoms with Gasteiger partial charge in [-0.1, -0.05) is 21.1 Å². The molecular weight excluding hydrogens is 355 g/mol. The van der Waals surface area contributed by atoms with E-state index in [9.17, 15) is 18.0 Å². The normalized spacial score (nSPS) is 17.4. The maximum atomic E-state index is 13.0. The number of benzene rings is 1. The predicted octanol–water partition coefficient (Wildman–Crippen LogP) is 2.93. The van der Waals surface area contributed by atoms with Crippen LogP contribution in [0.25, 0.3) is 0 Å². The van der Waals surface area contributed by atoms with E-state index in [1.54, 1.807) is 0 Å². The summed E-state index contributed by atoms with van der Waals surface area (Å²) < 4.78 is 39.1. The quantitative estimate of drug-likeness (QED) is 0.333. The molecule has 5 nitrogen and oxygen atoms in total. The van der Waals surface area contributed by atoms with Gasteiger partial charge in [0.2, 0.25) is 5.91 Å². The van der Waals surface area contributed by atoms with E-state index >= 15 is 0 Å². The molecule has 1 fully saturated rings. The molecule has 21 heavy (non-hydrogen) atoms.